The first-order valence-electron chi connectivity index (χ1n) is 7.67. The molecule has 0 bridgehead atoms. The molecule has 2 aromatic carbocycles. The normalized spacial score (nSPS) is 11.5. The minimum Gasteiger partial charge on any atom is -0.548 e. The van der Waals surface area contributed by atoms with Crippen LogP contribution in [0.4, 0.5) is 0 Å². The van der Waals surface area contributed by atoms with Gasteiger partial charge in [-0.2, -0.15) is 0 Å². The number of nitrogens with two attached hydrogens (primary N) is 2. The quantitative estimate of drug-likeness (QED) is 0.342. The van der Waals surface area contributed by atoms with Gasteiger partial charge in [0.1, 0.15) is 11.5 Å². The van der Waals surface area contributed by atoms with Crippen LogP contribution in [0.1, 0.15) is 11.1 Å². The molecule has 2 rings (SSSR count). The molecule has 0 radical (unpaired) electrons. The smallest absolute Gasteiger partial charge is 0.548 e. The van der Waals surface area contributed by atoms with Crippen molar-refractivity contribution >= 4 is 11.9 Å². The summed E-state index contributed by atoms with van der Waals surface area (Å²) in [6.45, 7) is 0. The van der Waals surface area contributed by atoms with E-state index >= 15 is 0 Å². The number of aromatic hydroxyl groups is 2. The van der Waals surface area contributed by atoms with E-state index in [1.54, 1.807) is 24.3 Å². The van der Waals surface area contributed by atoms with Crippen LogP contribution in [-0.2, 0) is 22.4 Å². The molecular formula is C18H20N2Na2O6. The Balaban J connectivity index is 0. The van der Waals surface area contributed by atoms with Crippen molar-refractivity contribution in [1.29, 1.82) is 0 Å². The van der Waals surface area contributed by atoms with E-state index in [4.69, 9.17) is 21.7 Å². The number of phenols is 2. The van der Waals surface area contributed by atoms with Crippen molar-refractivity contribution in [3.05, 3.63) is 59.7 Å². The van der Waals surface area contributed by atoms with Crippen LogP contribution in [0.15, 0.2) is 48.5 Å². The second-order valence-corrected chi connectivity index (χ2v) is 5.59. The van der Waals surface area contributed by atoms with E-state index in [9.17, 15) is 19.8 Å². The van der Waals surface area contributed by atoms with Crippen molar-refractivity contribution in [2.45, 2.75) is 24.9 Å². The van der Waals surface area contributed by atoms with E-state index in [0.717, 1.165) is 11.1 Å². The Bertz CT molecular complexity index is 662. The van der Waals surface area contributed by atoms with Gasteiger partial charge in [0, 0.05) is 12.1 Å². The molecule has 0 amide bonds. The number of hydrogen-bond acceptors (Lipinski definition) is 8. The standard InChI is InChI=1S/2C9H11NO3.2Na/c2*10-8(9(12)13)5-6-1-3-7(11)4-2-6;;/h2*1-4,8,11H,5,10H2,(H,12,13);;/q;;2*+1/p-2. The fraction of sp³-hybridized carbons (Fsp3) is 0.222. The molecule has 0 aliphatic rings. The first-order valence-corrected chi connectivity index (χ1v) is 7.67. The predicted molar refractivity (Wildman–Crippen MR) is 89.6 cm³/mol. The molecule has 0 heterocycles. The minimum absolute atomic E-state index is 0. The molecule has 0 fully saturated rings. The van der Waals surface area contributed by atoms with Crippen LogP contribution in [-0.4, -0.2) is 34.2 Å². The summed E-state index contributed by atoms with van der Waals surface area (Å²) in [6.07, 6.45) is 0.422. The summed E-state index contributed by atoms with van der Waals surface area (Å²) in [4.78, 5) is 20.6. The number of rotatable bonds is 6. The summed E-state index contributed by atoms with van der Waals surface area (Å²) in [7, 11) is 0. The zero-order valence-corrected chi connectivity index (χ0v) is 19.9. The van der Waals surface area contributed by atoms with Crippen molar-refractivity contribution < 1.29 is 89.1 Å². The summed E-state index contributed by atoms with van der Waals surface area (Å²) >= 11 is 0. The van der Waals surface area contributed by atoms with Gasteiger partial charge in [-0.1, -0.05) is 24.3 Å². The van der Waals surface area contributed by atoms with Gasteiger partial charge in [0.05, 0.1) is 11.9 Å². The molecule has 2 aromatic rings. The first-order chi connectivity index (χ1) is 12.2. The van der Waals surface area contributed by atoms with Crippen LogP contribution >= 0.6 is 0 Å². The maximum atomic E-state index is 10.3. The monoisotopic (exact) mass is 406 g/mol. The number of hydrogen-bond donors (Lipinski definition) is 4. The maximum Gasteiger partial charge on any atom is 1.00 e. The number of carbonyl (C=O) groups is 2. The Morgan fingerprint density at radius 3 is 1.18 bits per heavy atom. The molecule has 0 spiro atoms. The predicted octanol–water partition coefficient (Wildman–Crippen LogP) is -7.97. The maximum absolute atomic E-state index is 10.3. The van der Waals surface area contributed by atoms with Crippen LogP contribution in [0.2, 0.25) is 0 Å². The van der Waals surface area contributed by atoms with Gasteiger partial charge in [0.2, 0.25) is 0 Å². The summed E-state index contributed by atoms with van der Waals surface area (Å²) in [5.74, 6) is -2.25. The zero-order valence-electron chi connectivity index (χ0n) is 15.9. The number of carbonyl (C=O) groups excluding carboxylic acids is 2. The van der Waals surface area contributed by atoms with Gasteiger partial charge in [0.15, 0.2) is 0 Å². The second-order valence-electron chi connectivity index (χ2n) is 5.59. The van der Waals surface area contributed by atoms with Gasteiger partial charge in [-0.15, -0.1) is 0 Å². The van der Waals surface area contributed by atoms with Crippen molar-refractivity contribution in [2.24, 2.45) is 11.5 Å². The summed E-state index contributed by atoms with van der Waals surface area (Å²) in [5.41, 5.74) is 12.0. The van der Waals surface area contributed by atoms with Crippen LogP contribution in [0.3, 0.4) is 0 Å². The Morgan fingerprint density at radius 2 is 0.964 bits per heavy atom. The largest absolute Gasteiger partial charge is 1.00 e. The van der Waals surface area contributed by atoms with Crippen LogP contribution < -0.4 is 80.8 Å². The molecule has 0 aromatic heterocycles. The third-order valence-electron chi connectivity index (χ3n) is 3.39. The molecule has 28 heavy (non-hydrogen) atoms. The molecule has 140 valence electrons. The second kappa shape index (κ2) is 14.8. The molecule has 0 aliphatic heterocycles. The molecule has 8 nitrogen and oxygen atoms in total. The molecule has 0 saturated carbocycles. The Hall–Kier alpha value is -1.10. The van der Waals surface area contributed by atoms with Crippen LogP contribution in [0, 0.1) is 0 Å². The van der Waals surface area contributed by atoms with E-state index in [-0.39, 0.29) is 83.5 Å². The van der Waals surface area contributed by atoms with Crippen molar-refractivity contribution in [1.82, 2.24) is 0 Å². The molecule has 0 aliphatic carbocycles. The number of aliphatic carboxylic acids is 2. The first kappa shape index (κ1) is 29.1. The van der Waals surface area contributed by atoms with Crippen LogP contribution in [0.5, 0.6) is 11.5 Å². The molecule has 0 saturated heterocycles. The van der Waals surface area contributed by atoms with Gasteiger partial charge in [-0.3, -0.25) is 0 Å². The Kier molecular flexibility index (Phi) is 15.4. The molecule has 6 N–H and O–H groups in total. The van der Waals surface area contributed by atoms with Crippen molar-refractivity contribution in [2.75, 3.05) is 0 Å². The average Bonchev–Trinajstić information content (AvgIpc) is 2.59. The summed E-state index contributed by atoms with van der Waals surface area (Å²) in [5, 5.41) is 38.5. The Morgan fingerprint density at radius 1 is 0.714 bits per heavy atom. The molecule has 2 unspecified atom stereocenters. The van der Waals surface area contributed by atoms with Crippen LogP contribution in [0.25, 0.3) is 0 Å². The summed E-state index contributed by atoms with van der Waals surface area (Å²) < 4.78 is 0. The fourth-order valence-electron chi connectivity index (χ4n) is 1.94. The van der Waals surface area contributed by atoms with Gasteiger partial charge >= 0.3 is 59.1 Å². The van der Waals surface area contributed by atoms with E-state index < -0.39 is 24.0 Å². The van der Waals surface area contributed by atoms with Crippen molar-refractivity contribution in [3.63, 3.8) is 0 Å². The van der Waals surface area contributed by atoms with Gasteiger partial charge in [0.25, 0.3) is 0 Å². The van der Waals surface area contributed by atoms with E-state index in [2.05, 4.69) is 0 Å². The number of carboxylic acids is 2. The van der Waals surface area contributed by atoms with E-state index in [1.807, 2.05) is 0 Å². The van der Waals surface area contributed by atoms with Crippen molar-refractivity contribution in [3.8, 4) is 11.5 Å². The molecule has 2 atom stereocenters. The molecule has 10 heteroatoms. The minimum atomic E-state index is -1.27. The van der Waals surface area contributed by atoms with Gasteiger partial charge in [-0.05, 0) is 48.2 Å². The SMILES string of the molecule is NC(Cc1ccc(O)cc1)C(=O)[O-].NC(Cc1ccc(O)cc1)C(=O)[O-].[Na+].[Na+]. The van der Waals surface area contributed by atoms with E-state index in [0.29, 0.717) is 0 Å². The van der Waals surface area contributed by atoms with Gasteiger partial charge in [-0.25, -0.2) is 0 Å². The average molecular weight is 406 g/mol. The fourth-order valence-corrected chi connectivity index (χ4v) is 1.94. The van der Waals surface area contributed by atoms with E-state index in [1.165, 1.54) is 24.3 Å². The third-order valence-corrected chi connectivity index (χ3v) is 3.39. The summed E-state index contributed by atoms with van der Waals surface area (Å²) in [6, 6.07) is 10.4. The molecular weight excluding hydrogens is 386 g/mol. The number of benzene rings is 2. The third kappa shape index (κ3) is 11.7. The topological polar surface area (TPSA) is 173 Å². The van der Waals surface area contributed by atoms with Gasteiger partial charge < -0.3 is 41.5 Å². The Labute approximate surface area is 207 Å². The zero-order chi connectivity index (χ0) is 19.7. The number of phenolic OH excluding ortho intramolecular Hbond substituents is 2. The number of carboxylic acid groups (broad SMARTS) is 2.